The minimum Gasteiger partial charge on any atom is -0.334 e. The molecule has 2 aromatic rings. The second-order valence-corrected chi connectivity index (χ2v) is 6.08. The summed E-state index contributed by atoms with van der Waals surface area (Å²) in [4.78, 5) is 22.3. The van der Waals surface area contributed by atoms with E-state index in [0.717, 1.165) is 10.2 Å². The minimum atomic E-state index is 0.175. The van der Waals surface area contributed by atoms with E-state index in [4.69, 9.17) is 0 Å². The molecule has 1 aromatic heterocycles. The van der Waals surface area contributed by atoms with Gasteiger partial charge in [-0.05, 0) is 36.1 Å². The zero-order chi connectivity index (χ0) is 14.8. The molecular weight excluding hydrogens is 330 g/mol. The lowest BCUT2D eigenvalue weighted by molar-refractivity contribution is -0.131. The summed E-state index contributed by atoms with van der Waals surface area (Å²) < 4.78 is 1.13. The first-order valence-electron chi connectivity index (χ1n) is 6.94. The van der Waals surface area contributed by atoms with Gasteiger partial charge in [-0.15, -0.1) is 0 Å². The van der Waals surface area contributed by atoms with Crippen LogP contribution < -0.4 is 0 Å². The number of benzene rings is 1. The highest BCUT2D eigenvalue weighted by Crippen LogP contribution is 2.32. The summed E-state index contributed by atoms with van der Waals surface area (Å²) in [7, 11) is 0. The molecule has 0 N–H and O–H groups in total. The SMILES string of the molecule is Cc1ccc2c(c1Br)CN(C(=O)CCc1ccncn1)C2. The molecule has 1 aromatic carbocycles. The Labute approximate surface area is 132 Å². The number of amides is 1. The van der Waals surface area contributed by atoms with Gasteiger partial charge in [-0.25, -0.2) is 9.97 Å². The predicted molar refractivity (Wildman–Crippen MR) is 83.5 cm³/mol. The van der Waals surface area contributed by atoms with Crippen molar-refractivity contribution < 1.29 is 4.79 Å². The number of aryl methyl sites for hydroxylation is 2. The smallest absolute Gasteiger partial charge is 0.223 e. The third-order valence-corrected chi connectivity index (χ3v) is 4.94. The second kappa shape index (κ2) is 5.93. The minimum absolute atomic E-state index is 0.175. The number of aromatic nitrogens is 2. The second-order valence-electron chi connectivity index (χ2n) is 5.28. The first-order valence-corrected chi connectivity index (χ1v) is 7.74. The number of halogens is 1. The van der Waals surface area contributed by atoms with Gasteiger partial charge in [0.05, 0.1) is 0 Å². The normalized spacial score (nSPS) is 13.3. The lowest BCUT2D eigenvalue weighted by Crippen LogP contribution is -2.25. The lowest BCUT2D eigenvalue weighted by Gasteiger charge is -2.15. The maximum absolute atomic E-state index is 12.4. The van der Waals surface area contributed by atoms with E-state index in [2.05, 4.69) is 45.0 Å². The van der Waals surface area contributed by atoms with Crippen molar-refractivity contribution in [2.75, 3.05) is 0 Å². The molecule has 108 valence electrons. The van der Waals surface area contributed by atoms with E-state index in [9.17, 15) is 4.79 Å². The molecule has 5 heteroatoms. The first-order chi connectivity index (χ1) is 10.1. The van der Waals surface area contributed by atoms with Gasteiger partial charge in [0, 0.05) is 35.9 Å². The highest BCUT2D eigenvalue weighted by Gasteiger charge is 2.25. The Morgan fingerprint density at radius 3 is 2.95 bits per heavy atom. The van der Waals surface area contributed by atoms with Gasteiger partial charge in [-0.2, -0.15) is 0 Å². The maximum atomic E-state index is 12.4. The van der Waals surface area contributed by atoms with Crippen LogP contribution >= 0.6 is 15.9 Å². The standard InChI is InChI=1S/C16H16BrN3O/c1-11-2-3-12-8-20(9-14(12)16(11)17)15(21)5-4-13-6-7-18-10-19-13/h2-3,6-7,10H,4-5,8-9H2,1H3. The molecule has 0 fully saturated rings. The van der Waals surface area contributed by atoms with E-state index in [1.54, 1.807) is 6.20 Å². The topological polar surface area (TPSA) is 46.1 Å². The van der Waals surface area contributed by atoms with E-state index in [1.165, 1.54) is 23.0 Å². The van der Waals surface area contributed by atoms with Crippen LogP contribution in [-0.4, -0.2) is 20.8 Å². The van der Waals surface area contributed by atoms with Crippen molar-refractivity contribution >= 4 is 21.8 Å². The Kier molecular flexibility index (Phi) is 4.01. The van der Waals surface area contributed by atoms with Crippen molar-refractivity contribution in [3.63, 3.8) is 0 Å². The molecule has 0 spiro atoms. The molecule has 2 heterocycles. The molecule has 1 amide bonds. The van der Waals surface area contributed by atoms with Crippen LogP contribution in [0.5, 0.6) is 0 Å². The van der Waals surface area contributed by atoms with Crippen LogP contribution in [0.15, 0.2) is 35.2 Å². The van der Waals surface area contributed by atoms with Gasteiger partial charge < -0.3 is 4.90 Å². The molecule has 0 saturated heterocycles. The van der Waals surface area contributed by atoms with E-state index < -0.39 is 0 Å². The number of hydrogen-bond donors (Lipinski definition) is 0. The molecule has 1 aliphatic rings. The van der Waals surface area contributed by atoms with Crippen LogP contribution in [0.2, 0.25) is 0 Å². The zero-order valence-electron chi connectivity index (χ0n) is 11.8. The maximum Gasteiger partial charge on any atom is 0.223 e. The summed E-state index contributed by atoms with van der Waals surface area (Å²) in [6.45, 7) is 3.47. The van der Waals surface area contributed by atoms with Gasteiger partial charge in [0.2, 0.25) is 5.91 Å². The number of rotatable bonds is 3. The quantitative estimate of drug-likeness (QED) is 0.858. The Balaban J connectivity index is 1.64. The van der Waals surface area contributed by atoms with Crippen LogP contribution in [-0.2, 0) is 24.3 Å². The highest BCUT2D eigenvalue weighted by atomic mass is 79.9. The summed E-state index contributed by atoms with van der Waals surface area (Å²) in [5, 5.41) is 0. The number of fused-ring (bicyclic) bond motifs is 1. The third-order valence-electron chi connectivity index (χ3n) is 3.83. The number of carbonyl (C=O) groups is 1. The molecule has 3 rings (SSSR count). The molecule has 4 nitrogen and oxygen atoms in total. The summed E-state index contributed by atoms with van der Waals surface area (Å²) in [5.74, 6) is 0.175. The average molecular weight is 346 g/mol. The van der Waals surface area contributed by atoms with Crippen molar-refractivity contribution in [1.82, 2.24) is 14.9 Å². The van der Waals surface area contributed by atoms with E-state index in [0.29, 0.717) is 25.9 Å². The van der Waals surface area contributed by atoms with E-state index >= 15 is 0 Å². The fourth-order valence-electron chi connectivity index (χ4n) is 2.59. The van der Waals surface area contributed by atoms with Crippen LogP contribution in [0.3, 0.4) is 0 Å². The fraction of sp³-hybridized carbons (Fsp3) is 0.312. The zero-order valence-corrected chi connectivity index (χ0v) is 13.4. The van der Waals surface area contributed by atoms with Crippen LogP contribution in [0, 0.1) is 6.92 Å². The van der Waals surface area contributed by atoms with E-state index in [-0.39, 0.29) is 5.91 Å². The lowest BCUT2D eigenvalue weighted by atomic mass is 10.1. The summed E-state index contributed by atoms with van der Waals surface area (Å²) >= 11 is 3.63. The average Bonchev–Trinajstić information content (AvgIpc) is 2.95. The van der Waals surface area contributed by atoms with Crippen molar-refractivity contribution in [2.45, 2.75) is 32.9 Å². The Morgan fingerprint density at radius 1 is 1.33 bits per heavy atom. The largest absolute Gasteiger partial charge is 0.334 e. The van der Waals surface area contributed by atoms with Gasteiger partial charge in [0.25, 0.3) is 0 Å². The van der Waals surface area contributed by atoms with Gasteiger partial charge in [-0.1, -0.05) is 28.1 Å². The van der Waals surface area contributed by atoms with Crippen LogP contribution in [0.4, 0.5) is 0 Å². The van der Waals surface area contributed by atoms with Gasteiger partial charge >= 0.3 is 0 Å². The number of carbonyl (C=O) groups excluding carboxylic acids is 1. The molecule has 0 unspecified atom stereocenters. The van der Waals surface area contributed by atoms with Crippen molar-refractivity contribution in [2.24, 2.45) is 0 Å². The van der Waals surface area contributed by atoms with Gasteiger partial charge in [0.15, 0.2) is 0 Å². The summed E-state index contributed by atoms with van der Waals surface area (Å²) in [5.41, 5.74) is 4.60. The molecule has 0 aliphatic carbocycles. The fourth-order valence-corrected chi connectivity index (χ4v) is 3.10. The molecule has 1 aliphatic heterocycles. The van der Waals surface area contributed by atoms with Crippen molar-refractivity contribution in [3.05, 3.63) is 57.6 Å². The Morgan fingerprint density at radius 2 is 2.19 bits per heavy atom. The Bertz CT molecular complexity index is 673. The summed E-state index contributed by atoms with van der Waals surface area (Å²) in [6, 6.07) is 6.07. The first kappa shape index (κ1) is 14.2. The number of hydrogen-bond acceptors (Lipinski definition) is 3. The van der Waals surface area contributed by atoms with E-state index in [1.807, 2.05) is 11.0 Å². The molecule has 0 atom stereocenters. The van der Waals surface area contributed by atoms with Crippen LogP contribution in [0.25, 0.3) is 0 Å². The molecular formula is C16H16BrN3O. The van der Waals surface area contributed by atoms with Gasteiger partial charge in [-0.3, -0.25) is 4.79 Å². The molecule has 0 saturated carbocycles. The van der Waals surface area contributed by atoms with Crippen molar-refractivity contribution in [3.8, 4) is 0 Å². The monoisotopic (exact) mass is 345 g/mol. The number of nitrogens with zero attached hydrogens (tertiary/aromatic N) is 3. The molecule has 21 heavy (non-hydrogen) atoms. The van der Waals surface area contributed by atoms with Crippen molar-refractivity contribution in [1.29, 1.82) is 0 Å². The predicted octanol–water partition coefficient (Wildman–Crippen LogP) is 3.02. The highest BCUT2D eigenvalue weighted by molar-refractivity contribution is 9.10. The third kappa shape index (κ3) is 2.97. The van der Waals surface area contributed by atoms with Crippen LogP contribution in [0.1, 0.15) is 28.8 Å². The van der Waals surface area contributed by atoms with Gasteiger partial charge in [0.1, 0.15) is 6.33 Å². The summed E-state index contributed by atoms with van der Waals surface area (Å²) in [6.07, 6.45) is 4.37. The molecule has 0 radical (unpaired) electrons. The molecule has 0 bridgehead atoms. The Hall–Kier alpha value is -1.75.